The van der Waals surface area contributed by atoms with Gasteiger partial charge < -0.3 is 0 Å². The Kier molecular flexibility index (Phi) is 2.91. The standard InChI is InChI=1S/C10H13ClN2O2S2/c11-10-9(12-13-16-10)5-17(14,15)4-6-1-7-3-8(7)2-6/h6-8H,1-5H2. The predicted octanol–water partition coefficient (Wildman–Crippen LogP) is 2.15. The third-order valence-corrected chi connectivity index (χ3v) is 6.37. The van der Waals surface area contributed by atoms with E-state index in [0.29, 0.717) is 15.9 Å². The molecule has 2 aliphatic carbocycles. The second-order valence-corrected chi connectivity index (χ2v) is 8.61. The number of aromatic nitrogens is 2. The van der Waals surface area contributed by atoms with E-state index >= 15 is 0 Å². The van der Waals surface area contributed by atoms with Crippen LogP contribution in [0.2, 0.25) is 4.34 Å². The Morgan fingerprint density at radius 2 is 2.00 bits per heavy atom. The van der Waals surface area contributed by atoms with E-state index in [1.807, 2.05) is 0 Å². The third kappa shape index (κ3) is 2.63. The first-order valence-corrected chi connectivity index (χ1v) is 8.68. The van der Waals surface area contributed by atoms with Gasteiger partial charge in [-0.05, 0) is 37.0 Å². The molecule has 3 rings (SSSR count). The van der Waals surface area contributed by atoms with E-state index in [-0.39, 0.29) is 11.5 Å². The first-order valence-electron chi connectivity index (χ1n) is 5.70. The SMILES string of the molecule is O=S(=O)(Cc1nnsc1Cl)CC1CC2CC2C1. The predicted molar refractivity (Wildman–Crippen MR) is 66.7 cm³/mol. The number of rotatable bonds is 4. The molecular weight excluding hydrogens is 280 g/mol. The van der Waals surface area contributed by atoms with Crippen molar-refractivity contribution in [2.45, 2.75) is 25.0 Å². The summed E-state index contributed by atoms with van der Waals surface area (Å²) in [6.45, 7) is 0. The van der Waals surface area contributed by atoms with E-state index in [0.717, 1.165) is 36.2 Å². The Morgan fingerprint density at radius 1 is 1.29 bits per heavy atom. The third-order valence-electron chi connectivity index (χ3n) is 3.70. The van der Waals surface area contributed by atoms with E-state index < -0.39 is 9.84 Å². The largest absolute Gasteiger partial charge is 0.228 e. The molecule has 7 heteroatoms. The van der Waals surface area contributed by atoms with Gasteiger partial charge >= 0.3 is 0 Å². The monoisotopic (exact) mass is 292 g/mol. The van der Waals surface area contributed by atoms with Crippen molar-refractivity contribution in [2.75, 3.05) is 5.75 Å². The van der Waals surface area contributed by atoms with Crippen LogP contribution < -0.4 is 0 Å². The lowest BCUT2D eigenvalue weighted by Crippen LogP contribution is -2.17. The van der Waals surface area contributed by atoms with Gasteiger partial charge in [-0.1, -0.05) is 16.1 Å². The molecule has 1 aromatic rings. The molecule has 2 unspecified atom stereocenters. The van der Waals surface area contributed by atoms with Gasteiger partial charge in [0, 0.05) is 11.5 Å². The van der Waals surface area contributed by atoms with Gasteiger partial charge in [-0.3, -0.25) is 0 Å². The molecule has 2 atom stereocenters. The number of nitrogens with zero attached hydrogens (tertiary/aromatic N) is 2. The van der Waals surface area contributed by atoms with Crippen molar-refractivity contribution < 1.29 is 8.42 Å². The van der Waals surface area contributed by atoms with Gasteiger partial charge in [-0.25, -0.2) is 8.42 Å². The van der Waals surface area contributed by atoms with Crippen molar-refractivity contribution in [2.24, 2.45) is 17.8 Å². The maximum absolute atomic E-state index is 12.0. The highest BCUT2D eigenvalue weighted by molar-refractivity contribution is 7.90. The lowest BCUT2D eigenvalue weighted by atomic mass is 10.1. The van der Waals surface area contributed by atoms with Gasteiger partial charge in [-0.2, -0.15) is 0 Å². The molecule has 2 aliphatic rings. The van der Waals surface area contributed by atoms with Crippen molar-refractivity contribution >= 4 is 33.0 Å². The van der Waals surface area contributed by atoms with Crippen molar-refractivity contribution in [3.05, 3.63) is 10.0 Å². The van der Waals surface area contributed by atoms with Gasteiger partial charge in [0.05, 0.1) is 11.5 Å². The Labute approximate surface area is 109 Å². The molecule has 0 amide bonds. The zero-order valence-corrected chi connectivity index (χ0v) is 11.6. The van der Waals surface area contributed by atoms with Crippen LogP contribution in [0.3, 0.4) is 0 Å². The molecule has 4 nitrogen and oxygen atoms in total. The van der Waals surface area contributed by atoms with E-state index in [4.69, 9.17) is 11.6 Å². The number of hydrogen-bond donors (Lipinski definition) is 0. The fourth-order valence-electron chi connectivity index (χ4n) is 2.89. The smallest absolute Gasteiger partial charge is 0.156 e. The minimum atomic E-state index is -3.09. The molecule has 94 valence electrons. The summed E-state index contributed by atoms with van der Waals surface area (Å²) in [4.78, 5) is 0. The molecule has 0 N–H and O–H groups in total. The highest BCUT2D eigenvalue weighted by Gasteiger charge is 2.46. The van der Waals surface area contributed by atoms with Crippen molar-refractivity contribution in [3.8, 4) is 0 Å². The summed E-state index contributed by atoms with van der Waals surface area (Å²) in [5.74, 6) is 2.22. The van der Waals surface area contributed by atoms with E-state index in [2.05, 4.69) is 9.59 Å². The van der Waals surface area contributed by atoms with Gasteiger partial charge in [-0.15, -0.1) is 5.10 Å². The number of sulfone groups is 1. The molecule has 0 bridgehead atoms. The van der Waals surface area contributed by atoms with Crippen LogP contribution in [0.5, 0.6) is 0 Å². The Bertz CT molecular complexity index is 518. The first kappa shape index (κ1) is 11.9. The average molecular weight is 293 g/mol. The highest BCUT2D eigenvalue weighted by atomic mass is 35.5. The second kappa shape index (κ2) is 4.17. The van der Waals surface area contributed by atoms with Crippen LogP contribution >= 0.6 is 23.1 Å². The molecule has 0 saturated heterocycles. The quantitative estimate of drug-likeness (QED) is 0.853. The minimum absolute atomic E-state index is 0.0613. The number of halogens is 1. The van der Waals surface area contributed by atoms with Gasteiger partial charge in [0.15, 0.2) is 9.84 Å². The van der Waals surface area contributed by atoms with Crippen LogP contribution in [0.4, 0.5) is 0 Å². The Hall–Kier alpha value is -0.200. The van der Waals surface area contributed by atoms with Gasteiger partial charge in [0.25, 0.3) is 0 Å². The lowest BCUT2D eigenvalue weighted by Gasteiger charge is -2.11. The molecule has 0 radical (unpaired) electrons. The fourth-order valence-corrected chi connectivity index (χ4v) is 5.41. The average Bonchev–Trinajstić information content (AvgIpc) is 2.64. The molecular formula is C10H13ClN2O2S2. The molecule has 2 fully saturated rings. The van der Waals surface area contributed by atoms with Crippen LogP contribution in [0.15, 0.2) is 0 Å². The fraction of sp³-hybridized carbons (Fsp3) is 0.800. The van der Waals surface area contributed by atoms with E-state index in [1.54, 1.807) is 0 Å². The summed E-state index contributed by atoms with van der Waals surface area (Å²) in [5, 5.41) is 3.76. The summed E-state index contributed by atoms with van der Waals surface area (Å²) in [6.07, 6.45) is 3.50. The van der Waals surface area contributed by atoms with Crippen LogP contribution in [0, 0.1) is 17.8 Å². The van der Waals surface area contributed by atoms with E-state index in [9.17, 15) is 8.42 Å². The topological polar surface area (TPSA) is 59.9 Å². The molecule has 0 aromatic carbocycles. The normalized spacial score (nSPS) is 31.5. The summed E-state index contributed by atoms with van der Waals surface area (Å²) < 4.78 is 28.1. The number of hydrogen-bond acceptors (Lipinski definition) is 5. The number of fused-ring (bicyclic) bond motifs is 1. The van der Waals surface area contributed by atoms with Gasteiger partial charge in [0.1, 0.15) is 10.0 Å². The second-order valence-electron chi connectivity index (χ2n) is 5.14. The van der Waals surface area contributed by atoms with Crippen molar-refractivity contribution in [1.29, 1.82) is 0 Å². The molecule has 1 aromatic heterocycles. The Balaban J connectivity index is 1.63. The minimum Gasteiger partial charge on any atom is -0.228 e. The van der Waals surface area contributed by atoms with Crippen LogP contribution in [-0.2, 0) is 15.6 Å². The molecule has 1 heterocycles. The van der Waals surface area contributed by atoms with Gasteiger partial charge in [0.2, 0.25) is 0 Å². The van der Waals surface area contributed by atoms with Crippen molar-refractivity contribution in [3.63, 3.8) is 0 Å². The Morgan fingerprint density at radius 3 is 2.59 bits per heavy atom. The van der Waals surface area contributed by atoms with Crippen LogP contribution in [-0.4, -0.2) is 23.8 Å². The highest BCUT2D eigenvalue weighted by Crippen LogP contribution is 2.54. The maximum atomic E-state index is 12.0. The van der Waals surface area contributed by atoms with E-state index in [1.165, 1.54) is 6.42 Å². The zero-order valence-electron chi connectivity index (χ0n) is 9.17. The first-order chi connectivity index (χ1) is 8.03. The molecule has 0 spiro atoms. The van der Waals surface area contributed by atoms with Crippen molar-refractivity contribution in [1.82, 2.24) is 9.59 Å². The maximum Gasteiger partial charge on any atom is 0.156 e. The zero-order chi connectivity index (χ0) is 12.0. The molecule has 2 saturated carbocycles. The summed E-state index contributed by atoms with van der Waals surface area (Å²) in [7, 11) is -3.09. The summed E-state index contributed by atoms with van der Waals surface area (Å²) in [5.41, 5.74) is 0.403. The van der Waals surface area contributed by atoms with Crippen LogP contribution in [0.25, 0.3) is 0 Å². The molecule has 0 aliphatic heterocycles. The summed E-state index contributed by atoms with van der Waals surface area (Å²) in [6, 6.07) is 0. The lowest BCUT2D eigenvalue weighted by molar-refractivity contribution is 0.517. The summed E-state index contributed by atoms with van der Waals surface area (Å²) >= 11 is 6.86. The van der Waals surface area contributed by atoms with Crippen LogP contribution in [0.1, 0.15) is 25.0 Å². The molecule has 17 heavy (non-hydrogen) atoms.